The van der Waals surface area contributed by atoms with E-state index in [0.29, 0.717) is 6.42 Å². The second-order valence-corrected chi connectivity index (χ2v) is 8.31. The molecule has 0 atom stereocenters. The van der Waals surface area contributed by atoms with E-state index >= 15 is 0 Å². The number of allylic oxidation sites excluding steroid dienone is 2. The Bertz CT molecular complexity index is 477. The Morgan fingerprint density at radius 2 is 0.967 bits per heavy atom. The normalized spacial score (nSPS) is 11.8. The van der Waals surface area contributed by atoms with E-state index in [0.717, 1.165) is 19.3 Å². The smallest absolute Gasteiger partial charge is 0.359 e. The third-order valence-electron chi connectivity index (χ3n) is 5.31. The summed E-state index contributed by atoms with van der Waals surface area (Å²) in [6, 6.07) is 0. The van der Waals surface area contributed by atoms with E-state index in [1.165, 1.54) is 57.8 Å². The van der Waals surface area contributed by atoms with Crippen LogP contribution in [0.15, 0.2) is 12.2 Å². The lowest BCUT2D eigenvalue weighted by Gasteiger charge is -2.34. The molecule has 0 unspecified atom stereocenters. The van der Waals surface area contributed by atoms with E-state index in [1.54, 1.807) is 0 Å². The molecule has 0 heterocycles. The quantitative estimate of drug-likeness (QED) is 0.139. The third kappa shape index (κ3) is 17.0. The van der Waals surface area contributed by atoms with Gasteiger partial charge in [0.2, 0.25) is 0 Å². The van der Waals surface area contributed by atoms with Gasteiger partial charge in [-0.15, -0.1) is 0 Å². The van der Waals surface area contributed by atoms with Crippen molar-refractivity contribution in [1.82, 2.24) is 0 Å². The molecule has 7 nitrogen and oxygen atoms in total. The summed E-state index contributed by atoms with van der Waals surface area (Å²) < 4.78 is -0.438. The zero-order valence-electron chi connectivity index (χ0n) is 18.7. The first kappa shape index (κ1) is 28.1. The number of quaternary nitrogens is 1. The number of hydrogen-bond acceptors (Lipinski definition) is 3. The van der Waals surface area contributed by atoms with Crippen LogP contribution < -0.4 is 0 Å². The van der Waals surface area contributed by atoms with Crippen LogP contribution in [0, 0.1) is 0 Å². The van der Waals surface area contributed by atoms with Crippen LogP contribution in [0.3, 0.4) is 0 Å². The second-order valence-electron chi connectivity index (χ2n) is 8.31. The Balaban J connectivity index is 3.93. The maximum Gasteiger partial charge on any atom is 0.359 e. The van der Waals surface area contributed by atoms with Crippen molar-refractivity contribution in [2.24, 2.45) is 0 Å². The summed E-state index contributed by atoms with van der Waals surface area (Å²) in [7, 11) is 0. The predicted octanol–water partition coefficient (Wildman–Crippen LogP) is 4.70. The lowest BCUT2D eigenvalue weighted by atomic mass is 10.1. The van der Waals surface area contributed by atoms with Gasteiger partial charge in [-0.05, 0) is 32.1 Å². The standard InChI is InChI=1S/C23H41NO6/c1-2-3-4-5-6-7-8-9-10-11-12-13-14-15-16-17-24(18-21(25)26,19-22(27)28)20-23(29)30/h5-6H,2-4,7-20H2,1H3,(H2-,25,26,27,28,29,30)/p+1/b6-5+. The summed E-state index contributed by atoms with van der Waals surface area (Å²) >= 11 is 0. The van der Waals surface area contributed by atoms with Gasteiger partial charge < -0.3 is 15.3 Å². The molecule has 0 aliphatic heterocycles. The Morgan fingerprint density at radius 3 is 1.37 bits per heavy atom. The van der Waals surface area contributed by atoms with Crippen molar-refractivity contribution in [3.63, 3.8) is 0 Å². The first-order valence-corrected chi connectivity index (χ1v) is 11.5. The number of unbranched alkanes of at least 4 members (excludes halogenated alkanes) is 11. The van der Waals surface area contributed by atoms with Crippen molar-refractivity contribution in [2.75, 3.05) is 26.2 Å². The van der Waals surface area contributed by atoms with Gasteiger partial charge in [-0.3, -0.25) is 4.48 Å². The van der Waals surface area contributed by atoms with Crippen LogP contribution in [0.4, 0.5) is 0 Å². The molecule has 7 heteroatoms. The van der Waals surface area contributed by atoms with Crippen LogP contribution in [-0.2, 0) is 14.4 Å². The SMILES string of the molecule is CCCC/C=C/CCCCCCCCCCC[N+](CC(=O)O)(CC(=O)O)CC(=O)O. The van der Waals surface area contributed by atoms with E-state index in [4.69, 9.17) is 15.3 Å². The van der Waals surface area contributed by atoms with Gasteiger partial charge in [-0.2, -0.15) is 0 Å². The van der Waals surface area contributed by atoms with Crippen molar-refractivity contribution >= 4 is 17.9 Å². The summed E-state index contributed by atoms with van der Waals surface area (Å²) in [4.78, 5) is 33.4. The Labute approximate surface area is 181 Å². The zero-order chi connectivity index (χ0) is 22.7. The minimum absolute atomic E-state index is 0.261. The van der Waals surface area contributed by atoms with Crippen LogP contribution in [0.5, 0.6) is 0 Å². The molecular weight excluding hydrogens is 386 g/mol. The molecule has 0 aromatic carbocycles. The van der Waals surface area contributed by atoms with Crippen molar-refractivity contribution in [3.05, 3.63) is 12.2 Å². The number of carbonyl (C=O) groups is 3. The summed E-state index contributed by atoms with van der Waals surface area (Å²) in [6.07, 6.45) is 19.2. The lowest BCUT2D eigenvalue weighted by molar-refractivity contribution is -0.907. The summed E-state index contributed by atoms with van der Waals surface area (Å²) in [5.41, 5.74) is 0. The van der Waals surface area contributed by atoms with E-state index in [9.17, 15) is 14.4 Å². The molecule has 174 valence electrons. The minimum atomic E-state index is -1.17. The molecule has 0 aromatic heterocycles. The lowest BCUT2D eigenvalue weighted by Crippen LogP contribution is -2.57. The molecule has 0 aromatic rings. The van der Waals surface area contributed by atoms with Crippen LogP contribution in [0.2, 0.25) is 0 Å². The fourth-order valence-corrected chi connectivity index (χ4v) is 3.77. The van der Waals surface area contributed by atoms with Crippen LogP contribution in [0.25, 0.3) is 0 Å². The molecule has 30 heavy (non-hydrogen) atoms. The monoisotopic (exact) mass is 428 g/mol. The molecule has 0 aliphatic rings. The highest BCUT2D eigenvalue weighted by atomic mass is 16.4. The van der Waals surface area contributed by atoms with Gasteiger partial charge in [0.15, 0.2) is 19.6 Å². The van der Waals surface area contributed by atoms with Crippen LogP contribution >= 0.6 is 0 Å². The zero-order valence-corrected chi connectivity index (χ0v) is 18.7. The molecule has 0 saturated carbocycles. The average Bonchev–Trinajstić information content (AvgIpc) is 2.63. The molecule has 0 radical (unpaired) electrons. The van der Waals surface area contributed by atoms with Crippen molar-refractivity contribution in [3.8, 4) is 0 Å². The molecule has 0 aliphatic carbocycles. The van der Waals surface area contributed by atoms with Crippen LogP contribution in [-0.4, -0.2) is 63.9 Å². The van der Waals surface area contributed by atoms with Gasteiger partial charge in [0.1, 0.15) is 0 Å². The average molecular weight is 429 g/mol. The topological polar surface area (TPSA) is 112 Å². The number of rotatable bonds is 21. The molecule has 0 amide bonds. The number of aliphatic carboxylic acids is 3. The fourth-order valence-electron chi connectivity index (χ4n) is 3.77. The fraction of sp³-hybridized carbons (Fsp3) is 0.783. The van der Waals surface area contributed by atoms with E-state index in [2.05, 4.69) is 19.1 Å². The maximum absolute atomic E-state index is 11.1. The number of carboxylic acid groups (broad SMARTS) is 3. The van der Waals surface area contributed by atoms with Gasteiger partial charge in [0, 0.05) is 0 Å². The Morgan fingerprint density at radius 1 is 0.600 bits per heavy atom. The van der Waals surface area contributed by atoms with Gasteiger partial charge in [-0.25, -0.2) is 14.4 Å². The molecule has 0 spiro atoms. The summed E-state index contributed by atoms with van der Waals surface area (Å²) in [5, 5.41) is 27.3. The second kappa shape index (κ2) is 17.9. The summed E-state index contributed by atoms with van der Waals surface area (Å²) in [5.74, 6) is -3.52. The molecule has 0 fully saturated rings. The van der Waals surface area contributed by atoms with E-state index < -0.39 is 42.0 Å². The van der Waals surface area contributed by atoms with Gasteiger partial charge in [-0.1, -0.05) is 70.4 Å². The molecule has 0 rings (SSSR count). The molecule has 0 saturated heterocycles. The predicted molar refractivity (Wildman–Crippen MR) is 117 cm³/mol. The highest BCUT2D eigenvalue weighted by Crippen LogP contribution is 2.14. The largest absolute Gasteiger partial charge is 0.477 e. The highest BCUT2D eigenvalue weighted by molar-refractivity contribution is 5.73. The van der Waals surface area contributed by atoms with Gasteiger partial charge in [0.25, 0.3) is 0 Å². The van der Waals surface area contributed by atoms with Crippen molar-refractivity contribution in [2.45, 2.75) is 90.4 Å². The Hall–Kier alpha value is -1.89. The number of nitrogens with zero attached hydrogens (tertiary/aromatic N) is 1. The molecule has 0 bridgehead atoms. The number of hydrogen-bond donors (Lipinski definition) is 3. The third-order valence-corrected chi connectivity index (χ3v) is 5.31. The maximum atomic E-state index is 11.1. The summed E-state index contributed by atoms with van der Waals surface area (Å²) in [6.45, 7) is 1.03. The van der Waals surface area contributed by atoms with Crippen molar-refractivity contribution in [1.29, 1.82) is 0 Å². The van der Waals surface area contributed by atoms with Gasteiger partial charge >= 0.3 is 17.9 Å². The highest BCUT2D eigenvalue weighted by Gasteiger charge is 2.35. The van der Waals surface area contributed by atoms with Crippen molar-refractivity contribution < 1.29 is 34.2 Å². The van der Waals surface area contributed by atoms with Gasteiger partial charge in [0.05, 0.1) is 6.54 Å². The molecular formula is C23H42NO6+. The number of carboxylic acids is 3. The molecule has 3 N–H and O–H groups in total. The van der Waals surface area contributed by atoms with E-state index in [-0.39, 0.29) is 6.54 Å². The minimum Gasteiger partial charge on any atom is -0.477 e. The Kier molecular flexibility index (Phi) is 16.8. The van der Waals surface area contributed by atoms with E-state index in [1.807, 2.05) is 0 Å². The van der Waals surface area contributed by atoms with Crippen LogP contribution in [0.1, 0.15) is 90.4 Å². The first-order chi connectivity index (χ1) is 14.3. The first-order valence-electron chi connectivity index (χ1n) is 11.5.